The number of aromatic nitrogens is 1. The predicted octanol–water partition coefficient (Wildman–Crippen LogP) is 5.79. The number of rotatable bonds is 6. The lowest BCUT2D eigenvalue weighted by Crippen LogP contribution is -2.27. The van der Waals surface area contributed by atoms with Crippen LogP contribution < -0.4 is 10.2 Å². The number of thiazole rings is 1. The summed E-state index contributed by atoms with van der Waals surface area (Å²) in [4.78, 5) is 43.2. The summed E-state index contributed by atoms with van der Waals surface area (Å²) in [6, 6.07) is 12.5. The highest BCUT2D eigenvalue weighted by atomic mass is 32.1. The summed E-state index contributed by atoms with van der Waals surface area (Å²) in [6.07, 6.45) is 0. The van der Waals surface area contributed by atoms with E-state index < -0.39 is 11.4 Å². The number of aryl methyl sites for hydroxylation is 2. The maximum atomic E-state index is 12.6. The number of esters is 1. The van der Waals surface area contributed by atoms with Crippen LogP contribution in [0.1, 0.15) is 54.9 Å². The molecule has 0 aliphatic rings. The van der Waals surface area contributed by atoms with Gasteiger partial charge in [0.05, 0.1) is 16.9 Å². The van der Waals surface area contributed by atoms with Crippen LogP contribution in [0, 0.1) is 19.3 Å². The van der Waals surface area contributed by atoms with Crippen molar-refractivity contribution in [1.29, 1.82) is 0 Å². The first kappa shape index (κ1) is 25.1. The predicted molar refractivity (Wildman–Crippen MR) is 134 cm³/mol. The van der Waals surface area contributed by atoms with Crippen LogP contribution in [0.15, 0.2) is 47.8 Å². The van der Waals surface area contributed by atoms with E-state index in [0.29, 0.717) is 22.1 Å². The number of carbonyl (C=O) groups excluding carboxylic acids is 3. The quantitative estimate of drug-likeness (QED) is 0.452. The van der Waals surface area contributed by atoms with Gasteiger partial charge in [-0.2, -0.15) is 0 Å². The first-order valence-corrected chi connectivity index (χ1v) is 11.7. The van der Waals surface area contributed by atoms with Gasteiger partial charge in [0.25, 0.3) is 0 Å². The Labute approximate surface area is 203 Å². The van der Waals surface area contributed by atoms with E-state index in [1.54, 1.807) is 34.5 Å². The molecule has 8 heteroatoms. The van der Waals surface area contributed by atoms with Crippen LogP contribution in [0.5, 0.6) is 0 Å². The van der Waals surface area contributed by atoms with Crippen molar-refractivity contribution in [2.24, 2.45) is 5.41 Å². The van der Waals surface area contributed by atoms with Crippen molar-refractivity contribution < 1.29 is 19.1 Å². The molecule has 7 nitrogen and oxygen atoms in total. The molecule has 2 aromatic carbocycles. The molecule has 0 fully saturated rings. The molecule has 0 atom stereocenters. The molecule has 1 heterocycles. The fraction of sp³-hybridized carbons (Fsp3) is 0.308. The van der Waals surface area contributed by atoms with Crippen molar-refractivity contribution >= 4 is 45.6 Å². The molecule has 0 unspecified atom stereocenters. The van der Waals surface area contributed by atoms with Gasteiger partial charge in [-0.1, -0.05) is 44.5 Å². The number of amides is 2. The largest absolute Gasteiger partial charge is 0.456 e. The number of hydrogen-bond donors (Lipinski definition) is 1. The van der Waals surface area contributed by atoms with Crippen molar-refractivity contribution in [1.82, 2.24) is 4.98 Å². The third-order valence-electron chi connectivity index (χ3n) is 5.03. The van der Waals surface area contributed by atoms with E-state index in [1.165, 1.54) is 18.3 Å². The van der Waals surface area contributed by atoms with Crippen LogP contribution in [0.3, 0.4) is 0 Å². The fourth-order valence-electron chi connectivity index (χ4n) is 3.19. The minimum atomic E-state index is -0.552. The van der Waals surface area contributed by atoms with Gasteiger partial charge < -0.3 is 10.1 Å². The Hall–Kier alpha value is -3.52. The van der Waals surface area contributed by atoms with E-state index in [4.69, 9.17) is 4.74 Å². The van der Waals surface area contributed by atoms with Crippen LogP contribution in [-0.4, -0.2) is 22.8 Å². The number of carbonyl (C=O) groups is 3. The van der Waals surface area contributed by atoms with E-state index in [0.717, 1.165) is 16.8 Å². The normalized spacial score (nSPS) is 11.1. The fourth-order valence-corrected chi connectivity index (χ4v) is 4.06. The van der Waals surface area contributed by atoms with E-state index in [-0.39, 0.29) is 18.4 Å². The third kappa shape index (κ3) is 6.08. The Morgan fingerprint density at radius 1 is 1.09 bits per heavy atom. The molecule has 2 amide bonds. The first-order chi connectivity index (χ1) is 16.0. The van der Waals surface area contributed by atoms with Crippen molar-refractivity contribution in [3.8, 4) is 0 Å². The molecule has 3 rings (SSSR count). The van der Waals surface area contributed by atoms with Crippen molar-refractivity contribution in [3.05, 3.63) is 70.2 Å². The van der Waals surface area contributed by atoms with Gasteiger partial charge >= 0.3 is 5.97 Å². The Balaban J connectivity index is 1.70. The second-order valence-corrected chi connectivity index (χ2v) is 9.96. The molecule has 34 heavy (non-hydrogen) atoms. The van der Waals surface area contributed by atoms with E-state index in [1.807, 2.05) is 52.8 Å². The lowest BCUT2D eigenvalue weighted by Gasteiger charge is -2.20. The molecular formula is C26H29N3O4S. The number of nitrogens with zero attached hydrogens (tertiary/aromatic N) is 2. The van der Waals surface area contributed by atoms with Gasteiger partial charge in [0.1, 0.15) is 6.61 Å². The van der Waals surface area contributed by atoms with Gasteiger partial charge in [-0.25, -0.2) is 9.78 Å². The van der Waals surface area contributed by atoms with Gasteiger partial charge in [-0.05, 0) is 43.7 Å². The maximum Gasteiger partial charge on any atom is 0.338 e. The van der Waals surface area contributed by atoms with Crippen LogP contribution in [0.2, 0.25) is 0 Å². The summed E-state index contributed by atoms with van der Waals surface area (Å²) in [6.45, 7) is 10.9. The minimum Gasteiger partial charge on any atom is -0.456 e. The van der Waals surface area contributed by atoms with E-state index in [9.17, 15) is 14.4 Å². The summed E-state index contributed by atoms with van der Waals surface area (Å²) in [5, 5.41) is 5.08. The molecule has 0 aliphatic carbocycles. The van der Waals surface area contributed by atoms with Crippen LogP contribution in [0.4, 0.5) is 16.5 Å². The standard InChI is InChI=1S/C26H29N3O4S/c1-16-10-11-22(17(2)12-16)29(18(3)30)25-28-21(15-34-25)14-33-23(31)19-8-7-9-20(13-19)27-24(32)26(4,5)6/h7-13,15H,14H2,1-6H3,(H,27,32). The smallest absolute Gasteiger partial charge is 0.338 e. The minimum absolute atomic E-state index is 0.0352. The molecule has 3 aromatic rings. The highest BCUT2D eigenvalue weighted by Gasteiger charge is 2.22. The zero-order valence-corrected chi connectivity index (χ0v) is 21.1. The second-order valence-electron chi connectivity index (χ2n) is 9.13. The monoisotopic (exact) mass is 479 g/mol. The van der Waals surface area contributed by atoms with Gasteiger partial charge in [0, 0.05) is 23.4 Å². The average molecular weight is 480 g/mol. The van der Waals surface area contributed by atoms with Crippen LogP contribution in [-0.2, 0) is 20.9 Å². The SMILES string of the molecule is CC(=O)N(c1nc(COC(=O)c2cccc(NC(=O)C(C)(C)C)c2)cs1)c1ccc(C)cc1C. The molecule has 0 saturated carbocycles. The third-order valence-corrected chi connectivity index (χ3v) is 5.90. The number of ether oxygens (including phenoxy) is 1. The van der Waals surface area contributed by atoms with Crippen molar-refractivity contribution in [2.75, 3.05) is 10.2 Å². The van der Waals surface area contributed by atoms with E-state index in [2.05, 4.69) is 10.3 Å². The Bertz CT molecular complexity index is 1230. The first-order valence-electron chi connectivity index (χ1n) is 10.9. The summed E-state index contributed by atoms with van der Waals surface area (Å²) < 4.78 is 5.43. The topological polar surface area (TPSA) is 88.6 Å². The second kappa shape index (κ2) is 10.2. The Kier molecular flexibility index (Phi) is 7.51. The molecule has 1 aromatic heterocycles. The van der Waals surface area contributed by atoms with E-state index >= 15 is 0 Å². The Morgan fingerprint density at radius 3 is 2.47 bits per heavy atom. The molecule has 1 N–H and O–H groups in total. The average Bonchev–Trinajstić information content (AvgIpc) is 3.21. The summed E-state index contributed by atoms with van der Waals surface area (Å²) >= 11 is 1.31. The summed E-state index contributed by atoms with van der Waals surface area (Å²) in [5.74, 6) is -0.829. The highest BCUT2D eigenvalue weighted by Crippen LogP contribution is 2.32. The van der Waals surface area contributed by atoms with Gasteiger partial charge in [0.2, 0.25) is 11.8 Å². The maximum absolute atomic E-state index is 12.6. The van der Waals surface area contributed by atoms with Crippen LogP contribution in [0.25, 0.3) is 0 Å². The molecule has 0 radical (unpaired) electrons. The molecule has 0 saturated heterocycles. The molecule has 178 valence electrons. The zero-order valence-electron chi connectivity index (χ0n) is 20.3. The van der Waals surface area contributed by atoms with Crippen LogP contribution >= 0.6 is 11.3 Å². The molecular weight excluding hydrogens is 450 g/mol. The lowest BCUT2D eigenvalue weighted by atomic mass is 9.95. The number of hydrogen-bond acceptors (Lipinski definition) is 6. The number of nitrogens with one attached hydrogen (secondary N) is 1. The van der Waals surface area contributed by atoms with Gasteiger partial charge in [-0.3, -0.25) is 14.5 Å². The number of anilines is 3. The molecule has 0 bridgehead atoms. The molecule has 0 aliphatic heterocycles. The summed E-state index contributed by atoms with van der Waals surface area (Å²) in [7, 11) is 0. The Morgan fingerprint density at radius 2 is 1.82 bits per heavy atom. The zero-order chi connectivity index (χ0) is 25.0. The van der Waals surface area contributed by atoms with Crippen molar-refractivity contribution in [3.63, 3.8) is 0 Å². The van der Waals surface area contributed by atoms with Gasteiger partial charge in [0.15, 0.2) is 5.13 Å². The van der Waals surface area contributed by atoms with Crippen molar-refractivity contribution in [2.45, 2.75) is 48.1 Å². The number of benzene rings is 2. The highest BCUT2D eigenvalue weighted by molar-refractivity contribution is 7.14. The summed E-state index contributed by atoms with van der Waals surface area (Å²) in [5.41, 5.74) is 3.68. The van der Waals surface area contributed by atoms with Gasteiger partial charge in [-0.15, -0.1) is 11.3 Å². The lowest BCUT2D eigenvalue weighted by molar-refractivity contribution is -0.123. The molecule has 0 spiro atoms.